The lowest BCUT2D eigenvalue weighted by Gasteiger charge is -2.39. The number of anilines is 1. The van der Waals surface area contributed by atoms with Crippen LogP contribution in [0.4, 0.5) is 10.1 Å². The van der Waals surface area contributed by atoms with Gasteiger partial charge < -0.3 is 20.4 Å². The number of sulfonamides is 1. The molecule has 13 nitrogen and oxygen atoms in total. The Labute approximate surface area is 282 Å². The number of benzene rings is 1. The van der Waals surface area contributed by atoms with Crippen molar-refractivity contribution in [3.05, 3.63) is 41.0 Å². The lowest BCUT2D eigenvalue weighted by atomic mass is 9.79. The maximum atomic E-state index is 15.7. The standard InChI is InChI=1S/C33H48FN7O6S/c1-7-27-30(39-47-38-27)32(43)37-29(23-11-9-20(3)10-12-23)31(42)36-28-14-13-24(17-26(28)34)22(5)25(18-35-48(45,46)8-2)33(44)41-16-15-40(6)21(4)19-41/h13-14,17-18,20-23,25,29H,7-12,15-16,19H2,1-6H3,(H,36,42)(H,37,43)/t20?,21-,22-,23?,25?,29-/m0/s1. The number of rotatable bonds is 12. The molecule has 4 rings (SSSR count). The number of amides is 3. The predicted octanol–water partition coefficient (Wildman–Crippen LogP) is 3.64. The number of hydrogen-bond donors (Lipinski definition) is 2. The highest BCUT2D eigenvalue weighted by Gasteiger charge is 2.36. The molecule has 3 amide bonds. The summed E-state index contributed by atoms with van der Waals surface area (Å²) >= 11 is 0. The summed E-state index contributed by atoms with van der Waals surface area (Å²) in [7, 11) is -1.78. The average Bonchev–Trinajstić information content (AvgIpc) is 3.55. The number of aryl methyl sites for hydroxylation is 1. The molecule has 0 spiro atoms. The summed E-state index contributed by atoms with van der Waals surface area (Å²) < 4.78 is 48.7. The first-order valence-electron chi connectivity index (χ1n) is 16.7. The molecule has 15 heteroatoms. The van der Waals surface area contributed by atoms with Crippen molar-refractivity contribution in [1.82, 2.24) is 25.4 Å². The minimum Gasteiger partial charge on any atom is -0.339 e. The first-order valence-corrected chi connectivity index (χ1v) is 18.3. The molecular formula is C33H48FN7O6S. The van der Waals surface area contributed by atoms with Crippen LogP contribution < -0.4 is 10.6 Å². The van der Waals surface area contributed by atoms with Crippen LogP contribution in [-0.2, 0) is 26.0 Å². The third-order valence-corrected chi connectivity index (χ3v) is 11.0. The van der Waals surface area contributed by atoms with Crippen molar-refractivity contribution in [1.29, 1.82) is 0 Å². The topological polar surface area (TPSA) is 167 Å². The second-order valence-electron chi connectivity index (χ2n) is 13.2. The van der Waals surface area contributed by atoms with Gasteiger partial charge in [-0.05, 0) is 80.8 Å². The summed E-state index contributed by atoms with van der Waals surface area (Å²) in [6.45, 7) is 10.8. The monoisotopic (exact) mass is 689 g/mol. The van der Waals surface area contributed by atoms with E-state index < -0.39 is 45.5 Å². The van der Waals surface area contributed by atoms with Crippen LogP contribution in [0.25, 0.3) is 0 Å². The van der Waals surface area contributed by atoms with Gasteiger partial charge in [0.2, 0.25) is 11.8 Å². The molecule has 2 heterocycles. The van der Waals surface area contributed by atoms with Gasteiger partial charge in [0.1, 0.15) is 17.6 Å². The highest BCUT2D eigenvalue weighted by molar-refractivity contribution is 7.90. The van der Waals surface area contributed by atoms with E-state index in [-0.39, 0.29) is 35.0 Å². The van der Waals surface area contributed by atoms with Crippen molar-refractivity contribution in [3.8, 4) is 0 Å². The molecule has 264 valence electrons. The zero-order chi connectivity index (χ0) is 35.2. The third kappa shape index (κ3) is 9.04. The van der Waals surface area contributed by atoms with E-state index >= 15 is 4.39 Å². The van der Waals surface area contributed by atoms with Crippen LogP contribution in [0, 0.1) is 23.6 Å². The number of carbonyl (C=O) groups excluding carboxylic acids is 3. The fraction of sp³-hybridized carbons (Fsp3) is 0.636. The van der Waals surface area contributed by atoms with Crippen LogP contribution >= 0.6 is 0 Å². The second-order valence-corrected chi connectivity index (χ2v) is 15.1. The fourth-order valence-corrected chi connectivity index (χ4v) is 6.74. The maximum absolute atomic E-state index is 15.7. The molecule has 0 bridgehead atoms. The molecule has 1 saturated carbocycles. The molecule has 1 aromatic heterocycles. The maximum Gasteiger partial charge on any atom is 0.276 e. The van der Waals surface area contributed by atoms with E-state index in [0.717, 1.165) is 19.1 Å². The van der Waals surface area contributed by atoms with Gasteiger partial charge in [-0.25, -0.2) is 17.4 Å². The molecule has 2 fully saturated rings. The summed E-state index contributed by atoms with van der Waals surface area (Å²) in [6.07, 6.45) is 4.80. The molecule has 4 atom stereocenters. The molecule has 48 heavy (non-hydrogen) atoms. The first-order chi connectivity index (χ1) is 22.7. The largest absolute Gasteiger partial charge is 0.339 e. The van der Waals surface area contributed by atoms with Crippen LogP contribution in [0.2, 0.25) is 0 Å². The number of likely N-dealkylation sites (N-methyl/N-ethyl adjacent to an activating group) is 1. The van der Waals surface area contributed by atoms with Gasteiger partial charge in [0, 0.05) is 31.9 Å². The summed E-state index contributed by atoms with van der Waals surface area (Å²) in [4.78, 5) is 44.4. The zero-order valence-corrected chi connectivity index (χ0v) is 29.4. The summed E-state index contributed by atoms with van der Waals surface area (Å²) in [5.74, 6) is -3.66. The molecule has 2 aromatic rings. The van der Waals surface area contributed by atoms with Gasteiger partial charge in [-0.3, -0.25) is 14.4 Å². The number of nitrogens with one attached hydrogen (secondary N) is 2. The Morgan fingerprint density at radius 1 is 1.12 bits per heavy atom. The number of piperazine rings is 1. The van der Waals surface area contributed by atoms with Crippen LogP contribution in [0.15, 0.2) is 27.2 Å². The number of hydrogen-bond acceptors (Lipinski definition) is 9. The molecule has 1 unspecified atom stereocenters. The molecule has 0 radical (unpaired) electrons. The van der Waals surface area contributed by atoms with Crippen molar-refractivity contribution in [2.45, 2.75) is 84.7 Å². The predicted molar refractivity (Wildman–Crippen MR) is 180 cm³/mol. The summed E-state index contributed by atoms with van der Waals surface area (Å²) in [5, 5.41) is 12.9. The van der Waals surface area contributed by atoms with Crippen LogP contribution in [0.5, 0.6) is 0 Å². The second kappa shape index (κ2) is 16.1. The first kappa shape index (κ1) is 37.1. The summed E-state index contributed by atoms with van der Waals surface area (Å²) in [6, 6.07) is 3.41. The third-order valence-electron chi connectivity index (χ3n) is 9.83. The van der Waals surface area contributed by atoms with Crippen molar-refractivity contribution in [2.24, 2.45) is 22.2 Å². The Balaban J connectivity index is 1.56. The van der Waals surface area contributed by atoms with Gasteiger partial charge >= 0.3 is 0 Å². The molecule has 2 N–H and O–H groups in total. The molecule has 2 aliphatic rings. The van der Waals surface area contributed by atoms with Gasteiger partial charge in [0.15, 0.2) is 5.69 Å². The molecule has 1 aliphatic carbocycles. The lowest BCUT2D eigenvalue weighted by molar-refractivity contribution is -0.136. The van der Waals surface area contributed by atoms with Gasteiger partial charge in [-0.15, -0.1) is 0 Å². The Hall–Kier alpha value is -3.72. The number of nitrogens with zero attached hydrogens (tertiary/aromatic N) is 5. The van der Waals surface area contributed by atoms with Crippen LogP contribution in [0.1, 0.15) is 88.0 Å². The molecule has 1 aliphatic heterocycles. The van der Waals surface area contributed by atoms with Gasteiger partial charge in [0.25, 0.3) is 15.9 Å². The van der Waals surface area contributed by atoms with Crippen molar-refractivity contribution in [3.63, 3.8) is 0 Å². The summed E-state index contributed by atoms with van der Waals surface area (Å²) in [5.41, 5.74) is 0.725. The van der Waals surface area contributed by atoms with E-state index in [0.29, 0.717) is 56.1 Å². The van der Waals surface area contributed by atoms with Crippen molar-refractivity contribution < 1.29 is 31.8 Å². The Bertz CT molecular complexity index is 1590. The fourth-order valence-electron chi connectivity index (χ4n) is 6.27. The molecule has 1 aromatic carbocycles. The highest BCUT2D eigenvalue weighted by Crippen LogP contribution is 2.32. The smallest absolute Gasteiger partial charge is 0.276 e. The van der Waals surface area contributed by atoms with E-state index in [4.69, 9.17) is 4.63 Å². The minimum atomic E-state index is -3.76. The Morgan fingerprint density at radius 3 is 2.46 bits per heavy atom. The normalized spacial score (nSPS) is 22.6. The lowest BCUT2D eigenvalue weighted by Crippen LogP contribution is -2.54. The Kier molecular flexibility index (Phi) is 12.5. The minimum absolute atomic E-state index is 0.00871. The number of halogens is 1. The quantitative estimate of drug-likeness (QED) is 0.316. The molecular weight excluding hydrogens is 641 g/mol. The number of carbonyl (C=O) groups is 3. The van der Waals surface area contributed by atoms with Crippen LogP contribution in [0.3, 0.4) is 0 Å². The van der Waals surface area contributed by atoms with Gasteiger partial charge in [-0.1, -0.05) is 44.8 Å². The van der Waals surface area contributed by atoms with Gasteiger partial charge in [0.05, 0.1) is 17.4 Å². The van der Waals surface area contributed by atoms with E-state index in [2.05, 4.69) is 37.2 Å². The highest BCUT2D eigenvalue weighted by atomic mass is 32.2. The SMILES string of the molecule is CCc1nonc1C(=O)N[C@H](C(=O)Nc1ccc([C@H](C)C(C=NS(=O)(=O)CC)C(=O)N2CCN(C)[C@@H](C)C2)cc1F)C1CCC(C)CC1. The van der Waals surface area contributed by atoms with Crippen LogP contribution in [-0.4, -0.2) is 97.0 Å². The van der Waals surface area contributed by atoms with Gasteiger partial charge in [-0.2, -0.15) is 4.40 Å². The molecule has 1 saturated heterocycles. The van der Waals surface area contributed by atoms with E-state index in [1.807, 2.05) is 14.0 Å². The Morgan fingerprint density at radius 2 is 1.83 bits per heavy atom. The van der Waals surface area contributed by atoms with E-state index in [1.165, 1.54) is 19.1 Å². The zero-order valence-electron chi connectivity index (χ0n) is 28.6. The van der Waals surface area contributed by atoms with E-state index in [9.17, 15) is 22.8 Å². The van der Waals surface area contributed by atoms with E-state index in [1.54, 1.807) is 24.8 Å². The van der Waals surface area contributed by atoms with Crippen molar-refractivity contribution >= 4 is 39.6 Å². The number of aromatic nitrogens is 2. The average molecular weight is 690 g/mol. The van der Waals surface area contributed by atoms with Crippen molar-refractivity contribution in [2.75, 3.05) is 37.8 Å².